The van der Waals surface area contributed by atoms with Gasteiger partial charge in [-0.3, -0.25) is 9.59 Å². The molecule has 0 aliphatic carbocycles. The van der Waals surface area contributed by atoms with Crippen molar-refractivity contribution in [3.05, 3.63) is 37.5 Å². The highest BCUT2D eigenvalue weighted by Crippen LogP contribution is 2.14. The predicted octanol–water partition coefficient (Wildman–Crippen LogP) is 14.9. The van der Waals surface area contributed by atoms with Gasteiger partial charge in [-0.1, -0.05) is 192 Å². The number of nitrogens with two attached hydrogens (primary N) is 2. The van der Waals surface area contributed by atoms with Crippen LogP contribution in [0.1, 0.15) is 245 Å². The Labute approximate surface area is 314 Å². The Morgan fingerprint density at radius 3 is 0.720 bits per heavy atom. The van der Waals surface area contributed by atoms with E-state index in [4.69, 9.17) is 11.5 Å². The molecule has 0 unspecified atom stereocenters. The van der Waals surface area contributed by atoms with Crippen LogP contribution in [0.3, 0.4) is 0 Å². The van der Waals surface area contributed by atoms with Gasteiger partial charge in [-0.05, 0) is 64.2 Å². The fraction of sp³-hybridized carbons (Fsp3) is 0.826. The second kappa shape index (κ2) is 51.5. The molecule has 296 valence electrons. The summed E-state index contributed by atoms with van der Waals surface area (Å²) >= 11 is 0. The Morgan fingerprint density at radius 1 is 0.340 bits per heavy atom. The Bertz CT molecular complexity index is 644. The number of unbranched alkanes of at least 4 members (excludes halogenated alkanes) is 30. The van der Waals surface area contributed by atoms with Gasteiger partial charge in [0.05, 0.1) is 0 Å². The van der Waals surface area contributed by atoms with E-state index in [0.29, 0.717) is 12.8 Å². The first kappa shape index (κ1) is 52.5. The first-order chi connectivity index (χ1) is 24.5. The molecule has 0 aromatic carbocycles. The van der Waals surface area contributed by atoms with Crippen LogP contribution in [0, 0.1) is 0 Å². The van der Waals surface area contributed by atoms with Crippen molar-refractivity contribution in [2.45, 2.75) is 245 Å². The quantitative estimate of drug-likeness (QED) is 0.0495. The van der Waals surface area contributed by atoms with E-state index in [1.807, 2.05) is 0 Å². The fourth-order valence-corrected chi connectivity index (χ4v) is 6.15. The van der Waals surface area contributed by atoms with Crippen molar-refractivity contribution >= 4 is 11.8 Å². The average molecular weight is 703 g/mol. The molecule has 0 bridgehead atoms. The van der Waals surface area contributed by atoms with Crippen LogP contribution in [-0.2, 0) is 9.59 Å². The minimum absolute atomic E-state index is 0.156. The van der Waals surface area contributed by atoms with Crippen molar-refractivity contribution in [1.29, 1.82) is 0 Å². The lowest BCUT2D eigenvalue weighted by molar-refractivity contribution is -0.119. The van der Waals surface area contributed by atoms with E-state index in [9.17, 15) is 9.59 Å². The second-order valence-corrected chi connectivity index (χ2v) is 14.4. The van der Waals surface area contributed by atoms with Gasteiger partial charge in [0, 0.05) is 12.8 Å². The number of allylic oxidation sites excluding steroid dienone is 4. The van der Waals surface area contributed by atoms with E-state index in [-0.39, 0.29) is 11.8 Å². The van der Waals surface area contributed by atoms with Crippen LogP contribution >= 0.6 is 0 Å². The molecule has 4 nitrogen and oxygen atoms in total. The van der Waals surface area contributed by atoms with Crippen molar-refractivity contribution in [2.24, 2.45) is 11.5 Å². The zero-order chi connectivity index (χ0) is 37.4. The molecule has 50 heavy (non-hydrogen) atoms. The maximum Gasteiger partial charge on any atom is 0.217 e. The van der Waals surface area contributed by atoms with Gasteiger partial charge in [0.15, 0.2) is 0 Å². The highest BCUT2D eigenvalue weighted by Gasteiger charge is 1.97. The molecule has 0 heterocycles. The summed E-state index contributed by atoms with van der Waals surface area (Å²) in [4.78, 5) is 21.2. The van der Waals surface area contributed by atoms with Gasteiger partial charge >= 0.3 is 0 Å². The second-order valence-electron chi connectivity index (χ2n) is 14.4. The summed E-state index contributed by atoms with van der Waals surface area (Å²) < 4.78 is 0. The molecule has 2 amide bonds. The van der Waals surface area contributed by atoms with Crippen LogP contribution in [-0.4, -0.2) is 11.8 Å². The summed E-state index contributed by atoms with van der Waals surface area (Å²) in [5.74, 6) is -0.313. The lowest BCUT2D eigenvalue weighted by Gasteiger charge is -2.01. The molecule has 0 spiro atoms. The molecule has 0 fully saturated rings. The molecule has 0 saturated carbocycles. The van der Waals surface area contributed by atoms with Crippen molar-refractivity contribution in [3.63, 3.8) is 0 Å². The highest BCUT2D eigenvalue weighted by atomic mass is 16.1. The van der Waals surface area contributed by atoms with Gasteiger partial charge in [-0.25, -0.2) is 0 Å². The number of primary amides is 2. The van der Waals surface area contributed by atoms with E-state index in [0.717, 1.165) is 25.7 Å². The van der Waals surface area contributed by atoms with E-state index in [1.54, 1.807) is 0 Å². The molecule has 4 heteroatoms. The number of rotatable bonds is 38. The highest BCUT2D eigenvalue weighted by molar-refractivity contribution is 5.73. The summed E-state index contributed by atoms with van der Waals surface area (Å²) in [5, 5.41) is 0. The Balaban J connectivity index is -0.000000841. The van der Waals surface area contributed by atoms with Gasteiger partial charge in [0.1, 0.15) is 0 Å². The zero-order valence-electron chi connectivity index (χ0n) is 34.2. The third kappa shape index (κ3) is 58.4. The van der Waals surface area contributed by atoms with E-state index < -0.39 is 0 Å². The first-order valence-corrected chi connectivity index (χ1v) is 21.9. The largest absolute Gasteiger partial charge is 0.370 e. The molecule has 0 radical (unpaired) electrons. The number of carbonyl (C=O) groups is 2. The van der Waals surface area contributed by atoms with Gasteiger partial charge in [-0.2, -0.15) is 0 Å². The average Bonchev–Trinajstić information content (AvgIpc) is 3.11. The van der Waals surface area contributed by atoms with Crippen molar-refractivity contribution in [1.82, 2.24) is 0 Å². The molecule has 0 atom stereocenters. The fourth-order valence-electron chi connectivity index (χ4n) is 6.15. The van der Waals surface area contributed by atoms with E-state index in [1.165, 1.54) is 193 Å². The molecule has 0 aliphatic rings. The first-order valence-electron chi connectivity index (χ1n) is 21.9. The van der Waals surface area contributed by atoms with Crippen LogP contribution in [0.5, 0.6) is 0 Å². The van der Waals surface area contributed by atoms with Gasteiger partial charge < -0.3 is 11.5 Å². The third-order valence-electron chi connectivity index (χ3n) is 9.37. The van der Waals surface area contributed by atoms with Gasteiger partial charge in [0.25, 0.3) is 0 Å². The zero-order valence-corrected chi connectivity index (χ0v) is 34.2. The van der Waals surface area contributed by atoms with Crippen LogP contribution < -0.4 is 11.5 Å². The summed E-state index contributed by atoms with van der Waals surface area (Å²) in [6.45, 7) is 10.6. The lowest BCUT2D eigenvalue weighted by atomic mass is 10.1. The van der Waals surface area contributed by atoms with Crippen LogP contribution in [0.25, 0.3) is 0 Å². The number of hydrogen-bond acceptors (Lipinski definition) is 2. The monoisotopic (exact) mass is 703 g/mol. The van der Waals surface area contributed by atoms with Crippen molar-refractivity contribution in [2.75, 3.05) is 0 Å². The predicted molar refractivity (Wildman–Crippen MR) is 225 cm³/mol. The van der Waals surface area contributed by atoms with Crippen molar-refractivity contribution in [3.8, 4) is 0 Å². The summed E-state index contributed by atoms with van der Waals surface area (Å²) in [7, 11) is 0. The minimum Gasteiger partial charge on any atom is -0.370 e. The maximum absolute atomic E-state index is 10.6. The minimum atomic E-state index is -0.156. The topological polar surface area (TPSA) is 86.2 Å². The molecule has 4 N–H and O–H groups in total. The Hall–Kier alpha value is -1.84. The van der Waals surface area contributed by atoms with Gasteiger partial charge in [-0.15, -0.1) is 13.2 Å². The van der Waals surface area contributed by atoms with Crippen LogP contribution in [0.15, 0.2) is 37.5 Å². The SMILES string of the molecule is C=C.CCCCCCCCC=CCCCCCCCCCCCC(N)=O.CCCCCCCCC=CCCCCCCCCCCCC(N)=O. The summed E-state index contributed by atoms with van der Waals surface area (Å²) in [6.07, 6.45) is 55.6. The number of hydrogen-bond donors (Lipinski definition) is 2. The van der Waals surface area contributed by atoms with E-state index in [2.05, 4.69) is 51.3 Å². The molecule has 0 aromatic heterocycles. The standard InChI is InChI=1S/2C22H43NO.C2H4/c2*1-2-3-4-5-6-7-8-9-10-11-12-13-14-15-16-17-18-19-20-21-22(23)24;1-2/h2*9-10H,2-8,11-21H2,1H3,(H2,23,24);1-2H2. The number of carbonyl (C=O) groups excluding carboxylic acids is 2. The van der Waals surface area contributed by atoms with Crippen LogP contribution in [0.2, 0.25) is 0 Å². The molecule has 0 saturated heterocycles. The summed E-state index contributed by atoms with van der Waals surface area (Å²) in [6, 6.07) is 0. The Kier molecular flexibility index (Phi) is 54.1. The maximum atomic E-state index is 10.6. The summed E-state index contributed by atoms with van der Waals surface area (Å²) in [5.41, 5.74) is 10.3. The van der Waals surface area contributed by atoms with Gasteiger partial charge in [0.2, 0.25) is 11.8 Å². The lowest BCUT2D eigenvalue weighted by Crippen LogP contribution is -2.09. The normalized spacial score (nSPS) is 11.0. The third-order valence-corrected chi connectivity index (χ3v) is 9.37. The van der Waals surface area contributed by atoms with E-state index >= 15 is 0 Å². The Morgan fingerprint density at radius 2 is 0.520 bits per heavy atom. The molecular weight excluding hydrogens is 613 g/mol. The van der Waals surface area contributed by atoms with Crippen molar-refractivity contribution < 1.29 is 9.59 Å². The smallest absolute Gasteiger partial charge is 0.217 e. The molecule has 0 aliphatic heterocycles. The molecular formula is C46H90N2O2. The molecule has 0 rings (SSSR count). The number of amides is 2. The molecule has 0 aromatic rings. The van der Waals surface area contributed by atoms with Crippen LogP contribution in [0.4, 0.5) is 0 Å².